The third-order valence-corrected chi connectivity index (χ3v) is 5.29. The van der Waals surface area contributed by atoms with Crippen molar-refractivity contribution in [1.29, 1.82) is 5.26 Å². The third kappa shape index (κ3) is 5.21. The molecule has 1 aliphatic heterocycles. The van der Waals surface area contributed by atoms with Crippen LogP contribution < -0.4 is 9.64 Å². The molecular formula is C25H23FN4O3. The monoisotopic (exact) mass is 446 g/mol. The summed E-state index contributed by atoms with van der Waals surface area (Å²) < 4.78 is 24.3. The van der Waals surface area contributed by atoms with Crippen molar-refractivity contribution in [3.8, 4) is 11.8 Å². The number of anilines is 1. The highest BCUT2D eigenvalue weighted by Crippen LogP contribution is 2.25. The van der Waals surface area contributed by atoms with Crippen molar-refractivity contribution in [2.75, 3.05) is 37.7 Å². The van der Waals surface area contributed by atoms with Gasteiger partial charge in [0.2, 0.25) is 17.5 Å². The summed E-state index contributed by atoms with van der Waals surface area (Å²) in [6, 6.07) is 15.2. The molecule has 7 nitrogen and oxygen atoms in total. The van der Waals surface area contributed by atoms with Crippen LogP contribution in [0, 0.1) is 17.1 Å². The van der Waals surface area contributed by atoms with E-state index in [1.807, 2.05) is 11.8 Å². The quantitative estimate of drug-likeness (QED) is 0.564. The summed E-state index contributed by atoms with van der Waals surface area (Å²) in [6.07, 6.45) is 3.38. The molecule has 0 atom stereocenters. The summed E-state index contributed by atoms with van der Waals surface area (Å²) in [5.74, 6) is 1.07. The molecule has 0 unspecified atom stereocenters. The maximum atomic E-state index is 13.1. The van der Waals surface area contributed by atoms with E-state index < -0.39 is 0 Å². The van der Waals surface area contributed by atoms with Crippen molar-refractivity contribution in [2.45, 2.75) is 6.92 Å². The number of nitrogens with zero attached hydrogens (tertiary/aromatic N) is 4. The second-order valence-corrected chi connectivity index (χ2v) is 7.44. The molecule has 0 aliphatic carbocycles. The molecule has 0 spiro atoms. The summed E-state index contributed by atoms with van der Waals surface area (Å²) in [6.45, 7) is 4.53. The molecule has 1 aromatic heterocycles. The summed E-state index contributed by atoms with van der Waals surface area (Å²) in [4.78, 5) is 20.8. The zero-order chi connectivity index (χ0) is 23.2. The normalized spacial score (nSPS) is 13.8. The Kier molecular flexibility index (Phi) is 6.69. The van der Waals surface area contributed by atoms with Crippen molar-refractivity contribution in [1.82, 2.24) is 9.88 Å². The Labute approximate surface area is 191 Å². The summed E-state index contributed by atoms with van der Waals surface area (Å²) in [5.41, 5.74) is 1.59. The number of hydrogen-bond donors (Lipinski definition) is 0. The van der Waals surface area contributed by atoms with E-state index in [-0.39, 0.29) is 17.4 Å². The first kappa shape index (κ1) is 22.1. The molecular weight excluding hydrogens is 423 g/mol. The molecule has 4 rings (SSSR count). The van der Waals surface area contributed by atoms with Crippen molar-refractivity contribution in [3.63, 3.8) is 0 Å². The highest BCUT2D eigenvalue weighted by molar-refractivity contribution is 5.94. The van der Waals surface area contributed by atoms with Crippen LogP contribution in [0.5, 0.6) is 5.75 Å². The van der Waals surface area contributed by atoms with Crippen LogP contribution in [0.2, 0.25) is 0 Å². The average molecular weight is 446 g/mol. The van der Waals surface area contributed by atoms with Gasteiger partial charge in [-0.1, -0.05) is 12.1 Å². The Bertz CT molecular complexity index is 1170. The first-order valence-corrected chi connectivity index (χ1v) is 10.7. The number of aromatic nitrogens is 1. The molecule has 168 valence electrons. The van der Waals surface area contributed by atoms with E-state index in [1.54, 1.807) is 53.5 Å². The van der Waals surface area contributed by atoms with Gasteiger partial charge in [0, 0.05) is 37.8 Å². The Hall–Kier alpha value is -4.12. The van der Waals surface area contributed by atoms with E-state index >= 15 is 0 Å². The van der Waals surface area contributed by atoms with E-state index in [4.69, 9.17) is 9.15 Å². The van der Waals surface area contributed by atoms with Crippen LogP contribution in [0.1, 0.15) is 34.4 Å². The lowest BCUT2D eigenvalue weighted by Crippen LogP contribution is -2.48. The van der Waals surface area contributed by atoms with Gasteiger partial charge >= 0.3 is 0 Å². The van der Waals surface area contributed by atoms with E-state index in [2.05, 4.69) is 11.1 Å². The molecule has 2 heterocycles. The SMILES string of the molecule is CCOc1ccc(C(=O)N2CCN(c3oc(/C=C/c4ccc(F)cc4)nc3C#N)CC2)cc1. The molecule has 1 aliphatic rings. The van der Waals surface area contributed by atoms with Crippen LogP contribution in [-0.2, 0) is 0 Å². The predicted molar refractivity (Wildman–Crippen MR) is 122 cm³/mol. The Balaban J connectivity index is 1.40. The zero-order valence-corrected chi connectivity index (χ0v) is 18.2. The first-order chi connectivity index (χ1) is 16.1. The molecule has 0 radical (unpaired) electrons. The van der Waals surface area contributed by atoms with Gasteiger partial charge in [-0.15, -0.1) is 0 Å². The molecule has 1 fully saturated rings. The van der Waals surface area contributed by atoms with Gasteiger partial charge in [-0.3, -0.25) is 4.79 Å². The maximum Gasteiger partial charge on any atom is 0.253 e. The Morgan fingerprint density at radius 3 is 2.45 bits per heavy atom. The molecule has 33 heavy (non-hydrogen) atoms. The van der Waals surface area contributed by atoms with Gasteiger partial charge < -0.3 is 19.0 Å². The van der Waals surface area contributed by atoms with Crippen molar-refractivity contribution in [3.05, 3.63) is 77.1 Å². The molecule has 2 aromatic carbocycles. The van der Waals surface area contributed by atoms with E-state index in [0.29, 0.717) is 50.1 Å². The molecule has 0 saturated carbocycles. The smallest absolute Gasteiger partial charge is 0.253 e. The second-order valence-electron chi connectivity index (χ2n) is 7.44. The summed E-state index contributed by atoms with van der Waals surface area (Å²) >= 11 is 0. The number of ether oxygens (including phenoxy) is 1. The van der Waals surface area contributed by atoms with Gasteiger partial charge in [-0.05, 0) is 55.0 Å². The van der Waals surface area contributed by atoms with Gasteiger partial charge in [0.15, 0.2) is 0 Å². The minimum Gasteiger partial charge on any atom is -0.494 e. The van der Waals surface area contributed by atoms with Gasteiger partial charge in [0.05, 0.1) is 6.61 Å². The minimum absolute atomic E-state index is 0.0429. The highest BCUT2D eigenvalue weighted by Gasteiger charge is 2.26. The van der Waals surface area contributed by atoms with Crippen LogP contribution >= 0.6 is 0 Å². The third-order valence-electron chi connectivity index (χ3n) is 5.29. The highest BCUT2D eigenvalue weighted by atomic mass is 19.1. The number of benzene rings is 2. The number of amides is 1. The number of rotatable bonds is 6. The van der Waals surface area contributed by atoms with Gasteiger partial charge in [0.25, 0.3) is 5.91 Å². The molecule has 1 saturated heterocycles. The van der Waals surface area contributed by atoms with E-state index in [0.717, 1.165) is 11.3 Å². The maximum absolute atomic E-state index is 13.1. The number of carbonyl (C=O) groups is 1. The lowest BCUT2D eigenvalue weighted by molar-refractivity contribution is 0.0745. The lowest BCUT2D eigenvalue weighted by atomic mass is 10.1. The molecule has 0 bridgehead atoms. The van der Waals surface area contributed by atoms with Gasteiger partial charge in [-0.2, -0.15) is 10.2 Å². The molecule has 8 heteroatoms. The number of hydrogen-bond acceptors (Lipinski definition) is 6. The van der Waals surface area contributed by atoms with Crippen LogP contribution in [-0.4, -0.2) is 48.6 Å². The zero-order valence-electron chi connectivity index (χ0n) is 18.2. The topological polar surface area (TPSA) is 82.6 Å². The van der Waals surface area contributed by atoms with Crippen molar-refractivity contribution in [2.24, 2.45) is 0 Å². The van der Waals surface area contributed by atoms with Crippen molar-refractivity contribution >= 4 is 23.9 Å². The summed E-state index contributed by atoms with van der Waals surface area (Å²) in [7, 11) is 0. The predicted octanol–water partition coefficient (Wildman–Crippen LogP) is 4.22. The van der Waals surface area contributed by atoms with E-state index in [1.165, 1.54) is 12.1 Å². The average Bonchev–Trinajstić information content (AvgIpc) is 3.27. The van der Waals surface area contributed by atoms with Gasteiger partial charge in [-0.25, -0.2) is 4.39 Å². The van der Waals surface area contributed by atoms with E-state index in [9.17, 15) is 14.4 Å². The summed E-state index contributed by atoms with van der Waals surface area (Å²) in [5, 5.41) is 9.49. The Morgan fingerprint density at radius 1 is 1.12 bits per heavy atom. The van der Waals surface area contributed by atoms with Gasteiger partial charge in [0.1, 0.15) is 17.6 Å². The molecule has 0 N–H and O–H groups in total. The van der Waals surface area contributed by atoms with Crippen LogP contribution in [0.4, 0.5) is 10.3 Å². The number of nitriles is 1. The van der Waals surface area contributed by atoms with Crippen LogP contribution in [0.25, 0.3) is 12.2 Å². The fraction of sp³-hybridized carbons (Fsp3) is 0.240. The number of piperazine rings is 1. The fourth-order valence-electron chi connectivity index (χ4n) is 3.58. The number of halogens is 1. The number of carbonyl (C=O) groups excluding carboxylic acids is 1. The lowest BCUT2D eigenvalue weighted by Gasteiger charge is -2.34. The minimum atomic E-state index is -0.308. The Morgan fingerprint density at radius 2 is 1.82 bits per heavy atom. The standard InChI is InChI=1S/C25H23FN4O3/c1-2-32-21-10-6-19(7-11-21)24(31)29-13-15-30(16-14-29)25-22(17-27)28-23(33-25)12-5-18-3-8-20(26)9-4-18/h3-12H,2,13-16H2,1H3/b12-5+. The fourth-order valence-corrected chi connectivity index (χ4v) is 3.58. The van der Waals surface area contributed by atoms with Crippen LogP contribution in [0.3, 0.4) is 0 Å². The molecule has 3 aromatic rings. The van der Waals surface area contributed by atoms with Crippen LogP contribution in [0.15, 0.2) is 52.9 Å². The number of oxazole rings is 1. The van der Waals surface area contributed by atoms with Crippen molar-refractivity contribution < 1.29 is 18.3 Å². The second kappa shape index (κ2) is 10.0. The first-order valence-electron chi connectivity index (χ1n) is 10.7. The largest absolute Gasteiger partial charge is 0.494 e. The molecule has 1 amide bonds.